The van der Waals surface area contributed by atoms with Gasteiger partial charge in [-0.25, -0.2) is 13.1 Å². The number of halogens is 1. The molecule has 0 saturated heterocycles. The highest BCUT2D eigenvalue weighted by Gasteiger charge is 2.26. The summed E-state index contributed by atoms with van der Waals surface area (Å²) < 4.78 is 32.4. The van der Waals surface area contributed by atoms with Gasteiger partial charge in [-0.05, 0) is 36.6 Å². The molecule has 8 heteroatoms. The minimum atomic E-state index is -3.33. The fourth-order valence-corrected chi connectivity index (χ4v) is 5.23. The molecule has 0 N–H and O–H groups in total. The van der Waals surface area contributed by atoms with Crippen LogP contribution in [0.5, 0.6) is 5.88 Å². The van der Waals surface area contributed by atoms with E-state index in [-0.39, 0.29) is 23.2 Å². The minimum Gasteiger partial charge on any atom is -0.481 e. The summed E-state index contributed by atoms with van der Waals surface area (Å²) in [5.41, 5.74) is 1.69. The van der Waals surface area contributed by atoms with Crippen molar-refractivity contribution in [1.82, 2.24) is 9.78 Å². The molecule has 0 aliphatic heterocycles. The molecule has 1 aromatic heterocycles. The zero-order valence-electron chi connectivity index (χ0n) is 15.5. The van der Waals surface area contributed by atoms with E-state index >= 15 is 0 Å². The van der Waals surface area contributed by atoms with Gasteiger partial charge < -0.3 is 4.74 Å². The number of aromatic nitrogens is 2. The lowest BCUT2D eigenvalue weighted by Crippen LogP contribution is -2.16. The summed E-state index contributed by atoms with van der Waals surface area (Å²) in [4.78, 5) is 13.2. The number of ether oxygens (including phenoxy) is 1. The Kier molecular flexibility index (Phi) is 6.29. The number of sulfone groups is 1. The number of hydrogen-bond acceptors (Lipinski definition) is 5. The van der Waals surface area contributed by atoms with Gasteiger partial charge in [-0.15, -0.1) is 0 Å². The van der Waals surface area contributed by atoms with Crippen molar-refractivity contribution in [3.63, 3.8) is 0 Å². The first-order valence-corrected chi connectivity index (χ1v) is 10.8. The number of methoxy groups -OCH3 is 1. The molecule has 0 bridgehead atoms. The van der Waals surface area contributed by atoms with Crippen LogP contribution in [0.3, 0.4) is 0 Å². The summed E-state index contributed by atoms with van der Waals surface area (Å²) in [6.45, 7) is 5.44. The van der Waals surface area contributed by atoms with Crippen molar-refractivity contribution in [3.8, 4) is 5.88 Å². The van der Waals surface area contributed by atoms with Gasteiger partial charge in [-0.2, -0.15) is 5.10 Å². The number of nitrogens with zero attached hydrogens (tertiary/aromatic N) is 2. The second-order valence-corrected chi connectivity index (χ2v) is 9.70. The van der Waals surface area contributed by atoms with Crippen molar-refractivity contribution in [3.05, 3.63) is 45.1 Å². The summed E-state index contributed by atoms with van der Waals surface area (Å²) in [6, 6.07) is 5.05. The van der Waals surface area contributed by atoms with Crippen LogP contribution in [0.1, 0.15) is 41.0 Å². The minimum absolute atomic E-state index is 0.0203. The number of benzene rings is 1. The Morgan fingerprint density at radius 3 is 2.58 bits per heavy atom. The average Bonchev–Trinajstić information content (AvgIpc) is 2.78. The van der Waals surface area contributed by atoms with Gasteiger partial charge in [-0.1, -0.05) is 29.8 Å². The smallest absolute Gasteiger partial charge is 0.223 e. The van der Waals surface area contributed by atoms with E-state index in [1.807, 2.05) is 13.8 Å². The molecular weight excluding hydrogens is 420 g/mol. The summed E-state index contributed by atoms with van der Waals surface area (Å²) >= 11 is 3.36. The molecule has 142 valence electrons. The van der Waals surface area contributed by atoms with Crippen LogP contribution < -0.4 is 4.74 Å². The molecule has 1 heterocycles. The molecule has 0 fully saturated rings. The molecule has 6 nitrogen and oxygen atoms in total. The number of aryl methyl sites for hydroxylation is 2. The van der Waals surface area contributed by atoms with Crippen LogP contribution in [0.4, 0.5) is 0 Å². The molecule has 0 saturated carbocycles. The predicted molar refractivity (Wildman–Crippen MR) is 104 cm³/mol. The highest BCUT2D eigenvalue weighted by molar-refractivity contribution is 9.10. The fourth-order valence-electron chi connectivity index (χ4n) is 2.97. The van der Waals surface area contributed by atoms with Gasteiger partial charge >= 0.3 is 0 Å². The van der Waals surface area contributed by atoms with Crippen molar-refractivity contribution >= 4 is 31.6 Å². The van der Waals surface area contributed by atoms with Crippen LogP contribution in [0, 0.1) is 12.8 Å². The van der Waals surface area contributed by atoms with E-state index in [2.05, 4.69) is 21.0 Å². The largest absolute Gasteiger partial charge is 0.481 e. The van der Waals surface area contributed by atoms with Crippen LogP contribution in [-0.2, 0) is 22.6 Å². The zero-order chi connectivity index (χ0) is 19.6. The maximum atomic E-state index is 13.2. The van der Waals surface area contributed by atoms with Crippen LogP contribution in [0.25, 0.3) is 0 Å². The molecule has 2 aromatic rings. The predicted octanol–water partition coefficient (Wildman–Crippen LogP) is 3.30. The molecule has 0 unspecified atom stereocenters. The lowest BCUT2D eigenvalue weighted by molar-refractivity contribution is 0.103. The molecule has 0 radical (unpaired) electrons. The Bertz CT molecular complexity index is 933. The molecule has 1 aromatic carbocycles. The third-order valence-corrected chi connectivity index (χ3v) is 6.28. The summed E-state index contributed by atoms with van der Waals surface area (Å²) in [6.07, 6.45) is 0. The first-order valence-electron chi connectivity index (χ1n) is 8.17. The van der Waals surface area contributed by atoms with Gasteiger partial charge in [0, 0.05) is 17.1 Å². The van der Waals surface area contributed by atoms with Gasteiger partial charge in [0.1, 0.15) is 5.56 Å². The average molecular weight is 443 g/mol. The molecule has 0 aliphatic rings. The molecule has 0 atom stereocenters. The van der Waals surface area contributed by atoms with Crippen LogP contribution >= 0.6 is 15.9 Å². The summed E-state index contributed by atoms with van der Waals surface area (Å²) in [7, 11) is -0.167. The van der Waals surface area contributed by atoms with E-state index in [1.54, 1.807) is 32.2 Å². The topological polar surface area (TPSA) is 78.3 Å². The number of ketones is 1. The Balaban J connectivity index is 2.53. The Hall–Kier alpha value is -1.67. The first-order chi connectivity index (χ1) is 12.1. The van der Waals surface area contributed by atoms with E-state index in [0.29, 0.717) is 28.3 Å². The van der Waals surface area contributed by atoms with Crippen molar-refractivity contribution in [2.75, 3.05) is 12.9 Å². The highest BCUT2D eigenvalue weighted by atomic mass is 79.9. The lowest BCUT2D eigenvalue weighted by atomic mass is 9.99. The van der Waals surface area contributed by atoms with E-state index in [0.717, 1.165) is 4.47 Å². The second kappa shape index (κ2) is 7.92. The highest BCUT2D eigenvalue weighted by Crippen LogP contribution is 2.28. The van der Waals surface area contributed by atoms with Crippen LogP contribution in [-0.4, -0.2) is 36.8 Å². The molecule has 0 spiro atoms. The van der Waals surface area contributed by atoms with Crippen molar-refractivity contribution in [2.45, 2.75) is 26.5 Å². The summed E-state index contributed by atoms with van der Waals surface area (Å²) in [5.74, 6) is -0.0385. The molecule has 2 rings (SSSR count). The molecule has 0 amide bonds. The van der Waals surface area contributed by atoms with Gasteiger partial charge in [0.25, 0.3) is 0 Å². The maximum Gasteiger partial charge on any atom is 0.223 e. The Morgan fingerprint density at radius 1 is 1.35 bits per heavy atom. The van der Waals surface area contributed by atoms with E-state index < -0.39 is 9.84 Å². The lowest BCUT2D eigenvalue weighted by Gasteiger charge is -2.12. The Morgan fingerprint density at radius 2 is 2.00 bits per heavy atom. The molecule has 0 aliphatic carbocycles. The zero-order valence-corrected chi connectivity index (χ0v) is 17.9. The standard InChI is InChI=1S/C18H23BrN2O4S/c1-11(2)9-26(23,24)10-13-8-14(19)6-7-15(13)17(22)16-12(3)20-21(4)18(16)25-5/h6-8,11H,9-10H2,1-5H3. The SMILES string of the molecule is COc1c(C(=O)c2ccc(Br)cc2CS(=O)(=O)CC(C)C)c(C)nn1C. The first kappa shape index (κ1) is 20.6. The van der Waals surface area contributed by atoms with Crippen molar-refractivity contribution in [2.24, 2.45) is 13.0 Å². The van der Waals surface area contributed by atoms with E-state index in [4.69, 9.17) is 4.74 Å². The normalized spacial score (nSPS) is 11.8. The van der Waals surface area contributed by atoms with E-state index in [9.17, 15) is 13.2 Å². The van der Waals surface area contributed by atoms with Crippen LogP contribution in [0.15, 0.2) is 22.7 Å². The van der Waals surface area contributed by atoms with E-state index in [1.165, 1.54) is 11.8 Å². The summed E-state index contributed by atoms with van der Waals surface area (Å²) in [5, 5.41) is 4.23. The second-order valence-electron chi connectivity index (χ2n) is 6.67. The number of carbonyl (C=O) groups is 1. The monoisotopic (exact) mass is 442 g/mol. The fraction of sp³-hybridized carbons (Fsp3) is 0.444. The van der Waals surface area contributed by atoms with Crippen molar-refractivity contribution < 1.29 is 17.9 Å². The van der Waals surface area contributed by atoms with Gasteiger partial charge in [0.15, 0.2) is 9.84 Å². The molecule has 26 heavy (non-hydrogen) atoms. The van der Waals surface area contributed by atoms with Crippen molar-refractivity contribution in [1.29, 1.82) is 0 Å². The quantitative estimate of drug-likeness (QED) is 0.614. The maximum absolute atomic E-state index is 13.2. The van der Waals surface area contributed by atoms with Gasteiger partial charge in [0.2, 0.25) is 11.7 Å². The number of rotatable bonds is 7. The Labute approximate surface area is 162 Å². The van der Waals surface area contributed by atoms with Gasteiger partial charge in [0.05, 0.1) is 24.3 Å². The third-order valence-electron chi connectivity index (χ3n) is 3.86. The number of hydrogen-bond donors (Lipinski definition) is 0. The van der Waals surface area contributed by atoms with Crippen LogP contribution in [0.2, 0.25) is 0 Å². The number of carbonyl (C=O) groups excluding carboxylic acids is 1. The van der Waals surface area contributed by atoms with Gasteiger partial charge in [-0.3, -0.25) is 4.79 Å². The molecular formula is C18H23BrN2O4S. The third kappa shape index (κ3) is 4.54.